The number of ether oxygens (including phenoxy) is 1. The van der Waals surface area contributed by atoms with Gasteiger partial charge in [-0.05, 0) is 35.9 Å². The highest BCUT2D eigenvalue weighted by Gasteiger charge is 2.05. The number of nitrogens with zero attached hydrogens (tertiary/aromatic N) is 1. The molecule has 3 rings (SSSR count). The van der Waals surface area contributed by atoms with E-state index < -0.39 is 0 Å². The van der Waals surface area contributed by atoms with Gasteiger partial charge in [0.1, 0.15) is 12.4 Å². The maximum absolute atomic E-state index is 12.0. The zero-order valence-corrected chi connectivity index (χ0v) is 17.0. The second kappa shape index (κ2) is 10.5. The summed E-state index contributed by atoms with van der Waals surface area (Å²) in [6, 6.07) is 22.4. The second-order valence-electron chi connectivity index (χ2n) is 6.08. The molecule has 0 radical (unpaired) electrons. The summed E-state index contributed by atoms with van der Waals surface area (Å²) in [5, 5.41) is 7.92. The molecule has 3 aromatic carbocycles. The van der Waals surface area contributed by atoms with Gasteiger partial charge in [0, 0.05) is 10.6 Å². The van der Waals surface area contributed by atoms with Crippen molar-refractivity contribution in [3.8, 4) is 5.75 Å². The smallest absolute Gasteiger partial charge is 0.259 e. The molecule has 0 spiro atoms. The van der Waals surface area contributed by atoms with Gasteiger partial charge in [0.15, 0.2) is 0 Å². The van der Waals surface area contributed by atoms with E-state index in [4.69, 9.17) is 27.9 Å². The molecule has 0 aliphatic carbocycles. The summed E-state index contributed by atoms with van der Waals surface area (Å²) in [4.78, 5) is 12.0. The summed E-state index contributed by atoms with van der Waals surface area (Å²) in [6.45, 7) is 0.467. The number of carbonyl (C=O) groups excluding carboxylic acids is 1. The molecule has 1 amide bonds. The van der Waals surface area contributed by atoms with E-state index in [0.717, 1.165) is 11.1 Å². The van der Waals surface area contributed by atoms with Crippen LogP contribution in [-0.2, 0) is 11.4 Å². The van der Waals surface area contributed by atoms with E-state index in [1.54, 1.807) is 24.4 Å². The Bertz CT molecular complexity index is 994. The van der Waals surface area contributed by atoms with Crippen molar-refractivity contribution < 1.29 is 9.53 Å². The van der Waals surface area contributed by atoms with Crippen LogP contribution in [0.2, 0.25) is 10.0 Å². The number of hydrogen-bond acceptors (Lipinski definition) is 4. The molecule has 2 N–H and O–H groups in total. The Morgan fingerprint density at radius 2 is 1.76 bits per heavy atom. The summed E-state index contributed by atoms with van der Waals surface area (Å²) in [5.74, 6) is 0.371. The summed E-state index contributed by atoms with van der Waals surface area (Å²) < 4.78 is 5.87. The van der Waals surface area contributed by atoms with Crippen LogP contribution in [0.25, 0.3) is 0 Å². The topological polar surface area (TPSA) is 62.7 Å². The maximum atomic E-state index is 12.0. The minimum Gasteiger partial charge on any atom is -0.488 e. The highest BCUT2D eigenvalue weighted by Crippen LogP contribution is 2.25. The van der Waals surface area contributed by atoms with Crippen molar-refractivity contribution in [1.29, 1.82) is 0 Å². The van der Waals surface area contributed by atoms with E-state index in [0.29, 0.717) is 28.1 Å². The van der Waals surface area contributed by atoms with E-state index in [1.165, 1.54) is 0 Å². The molecule has 148 valence electrons. The number of hydrogen-bond donors (Lipinski definition) is 2. The van der Waals surface area contributed by atoms with E-state index in [9.17, 15) is 4.79 Å². The average molecular weight is 428 g/mol. The lowest BCUT2D eigenvalue weighted by atomic mass is 10.2. The Hall–Kier alpha value is -3.02. The van der Waals surface area contributed by atoms with Gasteiger partial charge in [-0.2, -0.15) is 5.10 Å². The lowest BCUT2D eigenvalue weighted by Gasteiger charge is -2.09. The monoisotopic (exact) mass is 427 g/mol. The fourth-order valence-corrected chi connectivity index (χ4v) is 2.95. The highest BCUT2D eigenvalue weighted by atomic mass is 35.5. The number of anilines is 1. The predicted octanol–water partition coefficient (Wildman–Crippen LogP) is 5.13. The van der Waals surface area contributed by atoms with Crippen LogP contribution in [0.1, 0.15) is 11.1 Å². The summed E-state index contributed by atoms with van der Waals surface area (Å²) in [6.07, 6.45) is 1.55. The molecule has 7 heteroatoms. The first kappa shape index (κ1) is 20.7. The maximum Gasteiger partial charge on any atom is 0.259 e. The van der Waals surface area contributed by atoms with Gasteiger partial charge in [-0.25, -0.2) is 5.43 Å². The van der Waals surface area contributed by atoms with Gasteiger partial charge in [0.25, 0.3) is 5.91 Å². The molecule has 3 aromatic rings. The number of nitrogens with one attached hydrogen (secondary N) is 2. The van der Waals surface area contributed by atoms with Crippen LogP contribution in [0.4, 0.5) is 5.69 Å². The number of carbonyl (C=O) groups is 1. The molecule has 5 nitrogen and oxygen atoms in total. The van der Waals surface area contributed by atoms with Gasteiger partial charge < -0.3 is 10.1 Å². The Morgan fingerprint density at radius 3 is 2.55 bits per heavy atom. The fourth-order valence-electron chi connectivity index (χ4n) is 2.48. The van der Waals surface area contributed by atoms with Crippen molar-refractivity contribution in [1.82, 2.24) is 5.43 Å². The zero-order valence-electron chi connectivity index (χ0n) is 15.4. The van der Waals surface area contributed by atoms with Crippen LogP contribution in [0, 0.1) is 0 Å². The quantitative estimate of drug-likeness (QED) is 0.386. The molecule has 0 saturated carbocycles. The molecular formula is C22H19Cl2N3O2. The lowest BCUT2D eigenvalue weighted by Crippen LogP contribution is -2.26. The second-order valence-corrected chi connectivity index (χ2v) is 6.93. The van der Waals surface area contributed by atoms with Crippen LogP contribution >= 0.6 is 23.2 Å². The Balaban J connectivity index is 1.52. The van der Waals surface area contributed by atoms with Crippen LogP contribution < -0.4 is 15.5 Å². The van der Waals surface area contributed by atoms with Crippen molar-refractivity contribution in [3.05, 3.63) is 94.0 Å². The Morgan fingerprint density at radius 1 is 1.00 bits per heavy atom. The van der Waals surface area contributed by atoms with Crippen LogP contribution in [-0.4, -0.2) is 18.7 Å². The minimum absolute atomic E-state index is 0.0187. The van der Waals surface area contributed by atoms with Gasteiger partial charge in [-0.3, -0.25) is 4.79 Å². The molecule has 0 heterocycles. The number of hydrazone groups is 1. The van der Waals surface area contributed by atoms with E-state index in [1.807, 2.05) is 54.6 Å². The molecular weight excluding hydrogens is 409 g/mol. The van der Waals surface area contributed by atoms with Gasteiger partial charge in [-0.15, -0.1) is 0 Å². The summed E-state index contributed by atoms with van der Waals surface area (Å²) in [7, 11) is 0. The standard InChI is InChI=1S/C22H19Cl2N3O2/c23-18-10-11-20(19(24)12-18)25-14-22(28)27-26-13-17-8-4-5-9-21(17)29-15-16-6-2-1-3-7-16/h1-13,25H,14-15H2,(H,27,28). The van der Waals surface area contributed by atoms with Gasteiger partial charge in [0.05, 0.1) is 23.5 Å². The van der Waals surface area contributed by atoms with Crippen LogP contribution in [0.3, 0.4) is 0 Å². The van der Waals surface area contributed by atoms with Crippen molar-refractivity contribution in [2.24, 2.45) is 5.10 Å². The molecule has 0 unspecified atom stereocenters. The third-order valence-electron chi connectivity index (χ3n) is 3.92. The minimum atomic E-state index is -0.310. The molecule has 0 aliphatic rings. The number of benzene rings is 3. The zero-order chi connectivity index (χ0) is 20.5. The third-order valence-corrected chi connectivity index (χ3v) is 4.47. The van der Waals surface area contributed by atoms with E-state index in [2.05, 4.69) is 15.8 Å². The third kappa shape index (κ3) is 6.52. The predicted molar refractivity (Wildman–Crippen MR) is 118 cm³/mol. The Labute approximate surface area is 179 Å². The first-order valence-corrected chi connectivity index (χ1v) is 9.64. The first-order valence-electron chi connectivity index (χ1n) is 8.88. The number of rotatable bonds is 8. The first-order chi connectivity index (χ1) is 14.1. The molecule has 29 heavy (non-hydrogen) atoms. The Kier molecular flexibility index (Phi) is 7.50. The van der Waals surface area contributed by atoms with Crippen molar-refractivity contribution in [2.75, 3.05) is 11.9 Å². The molecule has 0 aliphatic heterocycles. The summed E-state index contributed by atoms with van der Waals surface area (Å²) in [5.41, 5.74) is 4.93. The normalized spacial score (nSPS) is 10.7. The molecule has 0 saturated heterocycles. The SMILES string of the molecule is O=C(CNc1ccc(Cl)cc1Cl)NN=Cc1ccccc1OCc1ccccc1. The molecule has 0 fully saturated rings. The molecule has 0 atom stereocenters. The summed E-state index contributed by atoms with van der Waals surface area (Å²) >= 11 is 11.9. The molecule has 0 aromatic heterocycles. The van der Waals surface area contributed by atoms with Gasteiger partial charge in [-0.1, -0.05) is 65.7 Å². The average Bonchev–Trinajstić information content (AvgIpc) is 2.73. The van der Waals surface area contributed by atoms with Crippen molar-refractivity contribution in [2.45, 2.75) is 6.61 Å². The van der Waals surface area contributed by atoms with Crippen molar-refractivity contribution >= 4 is 41.0 Å². The number of amides is 1. The largest absolute Gasteiger partial charge is 0.488 e. The van der Waals surface area contributed by atoms with Gasteiger partial charge in [0.2, 0.25) is 0 Å². The van der Waals surface area contributed by atoms with Crippen LogP contribution in [0.5, 0.6) is 5.75 Å². The van der Waals surface area contributed by atoms with Crippen molar-refractivity contribution in [3.63, 3.8) is 0 Å². The van der Waals surface area contributed by atoms with E-state index in [-0.39, 0.29) is 12.5 Å². The molecule has 0 bridgehead atoms. The highest BCUT2D eigenvalue weighted by molar-refractivity contribution is 6.36. The fraction of sp³-hybridized carbons (Fsp3) is 0.0909. The van der Waals surface area contributed by atoms with Gasteiger partial charge >= 0.3 is 0 Å². The number of halogens is 2. The lowest BCUT2D eigenvalue weighted by molar-refractivity contribution is -0.119. The van der Waals surface area contributed by atoms with E-state index >= 15 is 0 Å². The van der Waals surface area contributed by atoms with Crippen LogP contribution in [0.15, 0.2) is 77.9 Å². The number of para-hydroxylation sites is 1.